The molecule has 2 amide bonds. The van der Waals surface area contributed by atoms with Crippen molar-refractivity contribution in [2.75, 3.05) is 38.2 Å². The van der Waals surface area contributed by atoms with Gasteiger partial charge in [0.2, 0.25) is 21.2 Å². The van der Waals surface area contributed by atoms with Crippen molar-refractivity contribution in [3.05, 3.63) is 52.9 Å². The zero-order valence-corrected chi connectivity index (χ0v) is 25.7. The van der Waals surface area contributed by atoms with Crippen molar-refractivity contribution in [3.63, 3.8) is 0 Å². The van der Waals surface area contributed by atoms with Crippen molar-refractivity contribution in [2.24, 2.45) is 11.8 Å². The number of methoxy groups -OCH3 is 1. The molecule has 1 aromatic carbocycles. The number of anilines is 1. The number of aromatic nitrogens is 2. The third-order valence-corrected chi connectivity index (χ3v) is 10.0. The summed E-state index contributed by atoms with van der Waals surface area (Å²) in [4.78, 5) is 33.0. The number of nitrogens with zero attached hydrogens (tertiary/aromatic N) is 6. The second kappa shape index (κ2) is 11.6. The fourth-order valence-corrected chi connectivity index (χ4v) is 7.32. The maximum atomic E-state index is 14.4. The molecule has 0 unspecified atom stereocenters. The van der Waals surface area contributed by atoms with Crippen LogP contribution >= 0.6 is 11.6 Å². The topological polar surface area (TPSA) is 166 Å². The lowest BCUT2D eigenvalue weighted by atomic mass is 10.1. The van der Waals surface area contributed by atoms with Crippen LogP contribution in [0.3, 0.4) is 0 Å². The van der Waals surface area contributed by atoms with E-state index in [4.69, 9.17) is 22.2 Å². The predicted molar refractivity (Wildman–Crippen MR) is 159 cm³/mol. The number of rotatable bonds is 9. The second-order valence-corrected chi connectivity index (χ2v) is 13.1. The number of hydrogen-bond acceptors (Lipinski definition) is 9. The third-order valence-electron chi connectivity index (χ3n) is 7.89. The largest absolute Gasteiger partial charge is 0.497 e. The van der Waals surface area contributed by atoms with Gasteiger partial charge in [-0.3, -0.25) is 19.4 Å². The van der Waals surface area contributed by atoms with Gasteiger partial charge in [-0.1, -0.05) is 26.0 Å². The molecule has 3 heterocycles. The Balaban J connectivity index is 1.62. The number of piperazine rings is 1. The number of sulfonamides is 1. The van der Waals surface area contributed by atoms with E-state index in [1.165, 1.54) is 27.9 Å². The number of imidazole rings is 1. The van der Waals surface area contributed by atoms with E-state index in [-0.39, 0.29) is 39.8 Å². The van der Waals surface area contributed by atoms with Gasteiger partial charge in [-0.15, -0.1) is 0 Å². The highest BCUT2D eigenvalue weighted by molar-refractivity contribution is 7.89. The van der Waals surface area contributed by atoms with E-state index in [1.807, 2.05) is 24.2 Å². The normalized spacial score (nSPS) is 16.4. The molecular formula is C28H33ClN8O5S. The Morgan fingerprint density at radius 2 is 1.84 bits per heavy atom. The first kappa shape index (κ1) is 30.6. The molecular weight excluding hydrogens is 596 g/mol. The molecule has 3 N–H and O–H groups in total. The van der Waals surface area contributed by atoms with Gasteiger partial charge in [0, 0.05) is 38.6 Å². The fraction of sp³-hybridized carbons (Fsp3) is 0.429. The van der Waals surface area contributed by atoms with E-state index in [2.05, 4.69) is 11.1 Å². The van der Waals surface area contributed by atoms with Crippen LogP contribution in [-0.4, -0.2) is 77.6 Å². The van der Waals surface area contributed by atoms with Gasteiger partial charge in [-0.25, -0.2) is 19.2 Å². The number of halogens is 1. The molecule has 228 valence electrons. The van der Waals surface area contributed by atoms with Gasteiger partial charge < -0.3 is 14.5 Å². The first-order chi connectivity index (χ1) is 20.4. The van der Waals surface area contributed by atoms with E-state index < -0.39 is 21.5 Å². The molecule has 0 radical (unpaired) electrons. The van der Waals surface area contributed by atoms with E-state index in [1.54, 1.807) is 29.2 Å². The Hall–Kier alpha value is -3.90. The van der Waals surface area contributed by atoms with Crippen molar-refractivity contribution in [1.82, 2.24) is 24.0 Å². The molecule has 15 heteroatoms. The number of carbonyl (C=O) groups excluding carboxylic acids is 2. The standard InChI is InChI=1S/C28H33ClN8O5S/c1-18(2)26(39)35-12-10-34(11-13-35)23-15-21(14-22-24(25(38)33-31)32-27(29)37(22)23)43(40,41)36(28(17-30)8-9-28)16-19-4-6-20(42-3)7-5-19/h4-7,14-15,18H,8-13,16,31H2,1-3H3,(H,33,38). The molecule has 0 bridgehead atoms. The molecule has 1 aliphatic heterocycles. The van der Waals surface area contributed by atoms with Crippen molar-refractivity contribution in [1.29, 1.82) is 5.26 Å². The van der Waals surface area contributed by atoms with Crippen LogP contribution in [0, 0.1) is 17.2 Å². The minimum absolute atomic E-state index is 0.0316. The van der Waals surface area contributed by atoms with Gasteiger partial charge in [-0.05, 0) is 54.3 Å². The number of fused-ring (bicyclic) bond motifs is 1. The summed E-state index contributed by atoms with van der Waals surface area (Å²) in [5.74, 6) is 5.54. The Morgan fingerprint density at radius 3 is 2.37 bits per heavy atom. The van der Waals surface area contributed by atoms with Gasteiger partial charge in [0.15, 0.2) is 5.69 Å². The number of pyridine rings is 1. The second-order valence-electron chi connectivity index (χ2n) is 10.9. The summed E-state index contributed by atoms with van der Waals surface area (Å²) in [5, 5.41) is 10.0. The molecule has 2 aliphatic rings. The van der Waals surface area contributed by atoms with Crippen LogP contribution in [0.2, 0.25) is 5.28 Å². The molecule has 43 heavy (non-hydrogen) atoms. The van der Waals surface area contributed by atoms with Crippen molar-refractivity contribution in [3.8, 4) is 11.8 Å². The smallest absolute Gasteiger partial charge is 0.286 e. The summed E-state index contributed by atoms with van der Waals surface area (Å²) < 4.78 is 36.8. The molecule has 0 spiro atoms. The van der Waals surface area contributed by atoms with Gasteiger partial charge in [0.25, 0.3) is 5.91 Å². The Kier molecular flexibility index (Phi) is 8.28. The molecule has 1 aliphatic carbocycles. The molecule has 13 nitrogen and oxygen atoms in total. The number of carbonyl (C=O) groups is 2. The lowest BCUT2D eigenvalue weighted by Crippen LogP contribution is -2.50. The minimum Gasteiger partial charge on any atom is -0.497 e. The Morgan fingerprint density at radius 1 is 1.19 bits per heavy atom. The number of nitrogens with two attached hydrogens (primary N) is 1. The van der Waals surface area contributed by atoms with Crippen LogP contribution in [-0.2, 0) is 21.4 Å². The summed E-state index contributed by atoms with van der Waals surface area (Å²) >= 11 is 6.52. The van der Waals surface area contributed by atoms with E-state index >= 15 is 0 Å². The van der Waals surface area contributed by atoms with Gasteiger partial charge in [0.05, 0.1) is 23.6 Å². The molecule has 2 aromatic heterocycles. The highest BCUT2D eigenvalue weighted by atomic mass is 35.5. The third kappa shape index (κ3) is 5.61. The van der Waals surface area contributed by atoms with Gasteiger partial charge in [-0.2, -0.15) is 9.57 Å². The van der Waals surface area contributed by atoms with E-state index in [0.717, 1.165) is 0 Å². The SMILES string of the molecule is COc1ccc(CN(C2(C#N)CC2)S(=O)(=O)c2cc(N3CCN(C(=O)C(C)C)CC3)n3c(Cl)nc(C(=O)NN)c3c2)cc1. The summed E-state index contributed by atoms with van der Waals surface area (Å²) in [5.41, 5.74) is 1.49. The number of nitrogen functional groups attached to an aromatic ring is 1. The van der Waals surface area contributed by atoms with Crippen LogP contribution in [0.5, 0.6) is 5.75 Å². The molecule has 2 fully saturated rings. The average Bonchev–Trinajstić information content (AvgIpc) is 3.74. The van der Waals surface area contributed by atoms with E-state index in [0.29, 0.717) is 56.2 Å². The number of amides is 2. The van der Waals surface area contributed by atoms with Crippen LogP contribution in [0.1, 0.15) is 42.7 Å². The maximum Gasteiger partial charge on any atom is 0.286 e. The first-order valence-corrected chi connectivity index (χ1v) is 15.6. The summed E-state index contributed by atoms with van der Waals surface area (Å²) in [6.07, 6.45) is 0.776. The molecule has 5 rings (SSSR count). The monoisotopic (exact) mass is 628 g/mol. The van der Waals surface area contributed by atoms with Crippen LogP contribution in [0.15, 0.2) is 41.3 Å². The Bertz CT molecular complexity index is 1710. The Labute approximate surface area is 254 Å². The fourth-order valence-electron chi connectivity index (χ4n) is 5.29. The number of nitrogens with one attached hydrogen (secondary N) is 1. The van der Waals surface area contributed by atoms with Crippen molar-refractivity contribution < 1.29 is 22.7 Å². The number of hydrazine groups is 1. The van der Waals surface area contributed by atoms with Crippen LogP contribution in [0.4, 0.5) is 5.82 Å². The van der Waals surface area contributed by atoms with Gasteiger partial charge in [0.1, 0.15) is 17.1 Å². The molecule has 3 aromatic rings. The zero-order chi connectivity index (χ0) is 31.1. The molecule has 1 saturated heterocycles. The summed E-state index contributed by atoms with van der Waals surface area (Å²) in [6, 6.07) is 12.0. The van der Waals surface area contributed by atoms with Crippen molar-refractivity contribution in [2.45, 2.75) is 43.7 Å². The number of ether oxygens (including phenoxy) is 1. The zero-order valence-electron chi connectivity index (χ0n) is 24.1. The summed E-state index contributed by atoms with van der Waals surface area (Å²) in [6.45, 7) is 5.24. The number of nitriles is 1. The first-order valence-electron chi connectivity index (χ1n) is 13.8. The van der Waals surface area contributed by atoms with Gasteiger partial charge >= 0.3 is 0 Å². The molecule has 0 atom stereocenters. The number of benzene rings is 1. The predicted octanol–water partition coefficient (Wildman–Crippen LogP) is 2.15. The quantitative estimate of drug-likeness (QED) is 0.205. The highest BCUT2D eigenvalue weighted by Crippen LogP contribution is 2.45. The van der Waals surface area contributed by atoms with Crippen molar-refractivity contribution >= 4 is 44.8 Å². The lowest BCUT2D eigenvalue weighted by Gasteiger charge is -2.37. The maximum absolute atomic E-state index is 14.4. The average molecular weight is 629 g/mol. The molecule has 1 saturated carbocycles. The van der Waals surface area contributed by atoms with E-state index in [9.17, 15) is 23.3 Å². The van der Waals surface area contributed by atoms with Crippen LogP contribution < -0.4 is 20.9 Å². The highest BCUT2D eigenvalue weighted by Gasteiger charge is 2.54. The van der Waals surface area contributed by atoms with Crippen LogP contribution in [0.25, 0.3) is 5.52 Å². The number of hydrogen-bond donors (Lipinski definition) is 2. The summed E-state index contributed by atoms with van der Waals surface area (Å²) in [7, 11) is -2.77. The lowest BCUT2D eigenvalue weighted by molar-refractivity contribution is -0.134. The minimum atomic E-state index is -4.31.